The quantitative estimate of drug-likeness (QED) is 0.848. The summed E-state index contributed by atoms with van der Waals surface area (Å²) < 4.78 is 5.56. The highest BCUT2D eigenvalue weighted by Gasteiger charge is 2.30. The third-order valence-corrected chi connectivity index (χ3v) is 4.32. The minimum atomic E-state index is 0.258. The Balaban J connectivity index is 1.67. The van der Waals surface area contributed by atoms with Crippen LogP contribution in [0.1, 0.15) is 36.9 Å². The molecule has 1 unspecified atom stereocenters. The van der Waals surface area contributed by atoms with Crippen molar-refractivity contribution in [2.45, 2.75) is 51.7 Å². The van der Waals surface area contributed by atoms with Crippen LogP contribution in [0.15, 0.2) is 5.38 Å². The first-order valence-electron chi connectivity index (χ1n) is 6.45. The maximum atomic E-state index is 6.17. The molecule has 2 N–H and O–H groups in total. The van der Waals surface area contributed by atoms with Gasteiger partial charge >= 0.3 is 0 Å². The van der Waals surface area contributed by atoms with E-state index in [1.807, 2.05) is 6.92 Å². The molecular weight excluding hydrogens is 232 g/mol. The Bertz CT molecular complexity index is 347. The Morgan fingerprint density at radius 2 is 2.35 bits per heavy atom. The molecule has 1 aliphatic carbocycles. The maximum absolute atomic E-state index is 6.17. The zero-order chi connectivity index (χ0) is 12.3. The smallest absolute Gasteiger partial charge is 0.0943 e. The lowest BCUT2D eigenvalue weighted by Gasteiger charge is -2.36. The molecule has 1 fully saturated rings. The molecule has 0 aliphatic heterocycles. The average Bonchev–Trinajstić information content (AvgIpc) is 2.61. The van der Waals surface area contributed by atoms with E-state index >= 15 is 0 Å². The summed E-state index contributed by atoms with van der Waals surface area (Å²) in [6.45, 7) is 4.93. The number of nitrogens with two attached hydrogens (primary N) is 1. The molecule has 3 nitrogen and oxygen atoms in total. The van der Waals surface area contributed by atoms with Crippen LogP contribution in [0.5, 0.6) is 0 Å². The van der Waals surface area contributed by atoms with E-state index in [-0.39, 0.29) is 6.04 Å². The van der Waals surface area contributed by atoms with Gasteiger partial charge in [-0.15, -0.1) is 11.3 Å². The Hall–Kier alpha value is -0.450. The Kier molecular flexibility index (Phi) is 4.54. The molecule has 2 rings (SSSR count). The van der Waals surface area contributed by atoms with Crippen LogP contribution in [0, 0.1) is 12.8 Å². The predicted molar refractivity (Wildman–Crippen MR) is 71.3 cm³/mol. The van der Waals surface area contributed by atoms with Crippen molar-refractivity contribution in [2.75, 3.05) is 6.61 Å². The van der Waals surface area contributed by atoms with Crippen molar-refractivity contribution in [1.82, 2.24) is 4.98 Å². The molecule has 1 atom stereocenters. The molecule has 1 saturated carbocycles. The van der Waals surface area contributed by atoms with Crippen LogP contribution < -0.4 is 5.73 Å². The molecule has 1 heterocycles. The summed E-state index contributed by atoms with van der Waals surface area (Å²) in [5.74, 6) is 0.766. The van der Waals surface area contributed by atoms with Gasteiger partial charge in [-0.1, -0.05) is 0 Å². The summed E-state index contributed by atoms with van der Waals surface area (Å²) in [5, 5.41) is 3.27. The molecular formula is C13H22N2OS. The van der Waals surface area contributed by atoms with Crippen molar-refractivity contribution in [3.05, 3.63) is 16.1 Å². The van der Waals surface area contributed by atoms with Gasteiger partial charge in [0.1, 0.15) is 0 Å². The van der Waals surface area contributed by atoms with E-state index in [1.54, 1.807) is 11.3 Å². The van der Waals surface area contributed by atoms with Crippen molar-refractivity contribution in [2.24, 2.45) is 11.7 Å². The van der Waals surface area contributed by atoms with Gasteiger partial charge in [0.15, 0.2) is 0 Å². The fraction of sp³-hybridized carbons (Fsp3) is 0.769. The van der Waals surface area contributed by atoms with Gasteiger partial charge in [0.25, 0.3) is 0 Å². The third-order valence-electron chi connectivity index (χ3n) is 3.33. The van der Waals surface area contributed by atoms with Gasteiger partial charge in [-0.3, -0.25) is 0 Å². The summed E-state index contributed by atoms with van der Waals surface area (Å²) >= 11 is 1.72. The first kappa shape index (κ1) is 13.0. The molecule has 0 radical (unpaired) electrons. The lowest BCUT2D eigenvalue weighted by molar-refractivity contribution is -0.0280. The highest BCUT2D eigenvalue weighted by atomic mass is 32.1. The fourth-order valence-electron chi connectivity index (χ4n) is 2.47. The van der Waals surface area contributed by atoms with E-state index in [4.69, 9.17) is 10.5 Å². The first-order valence-corrected chi connectivity index (χ1v) is 7.33. The van der Waals surface area contributed by atoms with E-state index < -0.39 is 0 Å². The SMILES string of the molecule is CCOC1CC(CC(N)Cc2nc(C)cs2)C1. The lowest BCUT2D eigenvalue weighted by atomic mass is 9.78. The zero-order valence-corrected chi connectivity index (χ0v) is 11.5. The average molecular weight is 254 g/mol. The second-order valence-corrected chi connectivity index (χ2v) is 5.94. The number of ether oxygens (including phenoxy) is 1. The zero-order valence-electron chi connectivity index (χ0n) is 10.7. The van der Waals surface area contributed by atoms with E-state index in [0.717, 1.165) is 31.1 Å². The number of aryl methyl sites for hydroxylation is 1. The van der Waals surface area contributed by atoms with Crippen LogP contribution in [-0.4, -0.2) is 23.7 Å². The monoisotopic (exact) mass is 254 g/mol. The number of nitrogens with zero attached hydrogens (tertiary/aromatic N) is 1. The minimum Gasteiger partial charge on any atom is -0.378 e. The van der Waals surface area contributed by atoms with Crippen LogP contribution in [-0.2, 0) is 11.2 Å². The van der Waals surface area contributed by atoms with Crippen molar-refractivity contribution >= 4 is 11.3 Å². The lowest BCUT2D eigenvalue weighted by Crippen LogP contribution is -2.36. The number of aromatic nitrogens is 1. The molecule has 0 spiro atoms. The molecule has 1 aromatic heterocycles. The van der Waals surface area contributed by atoms with Crippen molar-refractivity contribution in [3.8, 4) is 0 Å². The number of rotatable bonds is 6. The van der Waals surface area contributed by atoms with E-state index in [1.165, 1.54) is 17.8 Å². The van der Waals surface area contributed by atoms with Gasteiger partial charge in [0, 0.05) is 30.1 Å². The van der Waals surface area contributed by atoms with Crippen molar-refractivity contribution < 1.29 is 4.74 Å². The van der Waals surface area contributed by atoms with Crippen LogP contribution in [0.2, 0.25) is 0 Å². The van der Waals surface area contributed by atoms with E-state index in [9.17, 15) is 0 Å². The van der Waals surface area contributed by atoms with E-state index in [0.29, 0.717) is 6.10 Å². The number of hydrogen-bond acceptors (Lipinski definition) is 4. The largest absolute Gasteiger partial charge is 0.378 e. The standard InChI is InChI=1S/C13H22N2OS/c1-3-16-12-5-10(6-12)4-11(14)7-13-15-9(2)8-17-13/h8,10-12H,3-7,14H2,1-2H3. The summed E-state index contributed by atoms with van der Waals surface area (Å²) in [4.78, 5) is 4.46. The summed E-state index contributed by atoms with van der Waals surface area (Å²) in [7, 11) is 0. The molecule has 0 bridgehead atoms. The molecule has 96 valence electrons. The van der Waals surface area contributed by atoms with Gasteiger partial charge in [-0.05, 0) is 39.0 Å². The second-order valence-electron chi connectivity index (χ2n) is 5.00. The highest BCUT2D eigenvalue weighted by Crippen LogP contribution is 2.33. The summed E-state index contributed by atoms with van der Waals surface area (Å²) in [6, 6.07) is 0.258. The molecule has 1 aliphatic rings. The molecule has 1 aromatic rings. The Morgan fingerprint density at radius 1 is 1.59 bits per heavy atom. The second kappa shape index (κ2) is 5.94. The van der Waals surface area contributed by atoms with Crippen molar-refractivity contribution in [1.29, 1.82) is 0 Å². The maximum Gasteiger partial charge on any atom is 0.0943 e. The van der Waals surface area contributed by atoms with Crippen LogP contribution in [0.4, 0.5) is 0 Å². The van der Waals surface area contributed by atoms with Crippen molar-refractivity contribution in [3.63, 3.8) is 0 Å². The molecule has 0 amide bonds. The van der Waals surface area contributed by atoms with Gasteiger partial charge in [0.05, 0.1) is 11.1 Å². The fourth-order valence-corrected chi connectivity index (χ4v) is 3.34. The molecule has 0 saturated heterocycles. The normalized spacial score (nSPS) is 25.6. The van der Waals surface area contributed by atoms with Crippen LogP contribution in [0.3, 0.4) is 0 Å². The topological polar surface area (TPSA) is 48.1 Å². The molecule has 0 aromatic carbocycles. The Labute approximate surface area is 107 Å². The number of hydrogen-bond donors (Lipinski definition) is 1. The summed E-state index contributed by atoms with van der Waals surface area (Å²) in [6.07, 6.45) is 4.92. The minimum absolute atomic E-state index is 0.258. The Morgan fingerprint density at radius 3 is 2.94 bits per heavy atom. The molecule has 17 heavy (non-hydrogen) atoms. The summed E-state index contributed by atoms with van der Waals surface area (Å²) in [5.41, 5.74) is 7.28. The van der Waals surface area contributed by atoms with Gasteiger partial charge in [-0.25, -0.2) is 4.98 Å². The third kappa shape index (κ3) is 3.76. The van der Waals surface area contributed by atoms with Crippen LogP contribution in [0.25, 0.3) is 0 Å². The molecule has 4 heteroatoms. The highest BCUT2D eigenvalue weighted by molar-refractivity contribution is 7.09. The van der Waals surface area contributed by atoms with Gasteiger partial charge in [-0.2, -0.15) is 0 Å². The van der Waals surface area contributed by atoms with Gasteiger partial charge < -0.3 is 10.5 Å². The number of thiazole rings is 1. The first-order chi connectivity index (χ1) is 8.17. The van der Waals surface area contributed by atoms with E-state index in [2.05, 4.69) is 17.3 Å². The van der Waals surface area contributed by atoms with Gasteiger partial charge in [0.2, 0.25) is 0 Å². The van der Waals surface area contributed by atoms with Crippen LogP contribution >= 0.6 is 11.3 Å². The predicted octanol–water partition coefficient (Wildman–Crippen LogP) is 2.53.